The zero-order valence-electron chi connectivity index (χ0n) is 14.1. The second kappa shape index (κ2) is 6.42. The van der Waals surface area contributed by atoms with Crippen LogP contribution in [0.4, 0.5) is 0 Å². The summed E-state index contributed by atoms with van der Waals surface area (Å²) < 4.78 is 0. The van der Waals surface area contributed by atoms with Crippen LogP contribution in [-0.2, 0) is 5.41 Å². The molecule has 0 saturated heterocycles. The Morgan fingerprint density at radius 2 is 1.39 bits per heavy atom. The molecule has 3 rings (SSSR count). The van der Waals surface area contributed by atoms with Gasteiger partial charge in [0.2, 0.25) is 0 Å². The highest BCUT2D eigenvalue weighted by molar-refractivity contribution is 5.83. The Morgan fingerprint density at radius 1 is 0.783 bits per heavy atom. The van der Waals surface area contributed by atoms with Crippen LogP contribution in [0.25, 0.3) is 22.3 Å². The lowest BCUT2D eigenvalue weighted by molar-refractivity contribution is 0.505. The monoisotopic (exact) mass is 299 g/mol. The molecular weight excluding hydrogens is 276 g/mol. The molecule has 0 heteroatoms. The van der Waals surface area contributed by atoms with Gasteiger partial charge in [-0.1, -0.05) is 87.5 Å². The molecule has 0 amide bonds. The molecule has 0 saturated carbocycles. The summed E-state index contributed by atoms with van der Waals surface area (Å²) in [6.07, 6.45) is 1.10. The van der Waals surface area contributed by atoms with Crippen molar-refractivity contribution in [3.8, 4) is 22.3 Å². The normalized spacial score (nSPS) is 11.4. The standard InChI is InChI=1S/C23H23/c1-4-23(2,3)20-14-10-13-19(17-20)22-16-9-8-15-21(22)18-11-6-5-7-12-18/h5-13,15-17H,4H2,1-3H3. The number of rotatable bonds is 4. The van der Waals surface area contributed by atoms with Crippen LogP contribution in [0.3, 0.4) is 0 Å². The number of hydrogen-bond donors (Lipinski definition) is 0. The molecule has 115 valence electrons. The summed E-state index contributed by atoms with van der Waals surface area (Å²) >= 11 is 0. The van der Waals surface area contributed by atoms with E-state index in [2.05, 4.69) is 99.6 Å². The van der Waals surface area contributed by atoms with Gasteiger partial charge >= 0.3 is 0 Å². The van der Waals surface area contributed by atoms with E-state index in [9.17, 15) is 0 Å². The van der Waals surface area contributed by atoms with Crippen LogP contribution in [0.5, 0.6) is 0 Å². The molecule has 3 aromatic rings. The lowest BCUT2D eigenvalue weighted by atomic mass is 9.81. The van der Waals surface area contributed by atoms with Gasteiger partial charge in [0.25, 0.3) is 0 Å². The van der Waals surface area contributed by atoms with E-state index >= 15 is 0 Å². The molecular formula is C23H23. The molecule has 0 bridgehead atoms. The van der Waals surface area contributed by atoms with E-state index < -0.39 is 0 Å². The average Bonchev–Trinajstić information content (AvgIpc) is 2.62. The molecule has 0 aliphatic heterocycles. The summed E-state index contributed by atoms with van der Waals surface area (Å²) in [5, 5.41) is 0. The lowest BCUT2D eigenvalue weighted by Gasteiger charge is -2.24. The van der Waals surface area contributed by atoms with Gasteiger partial charge < -0.3 is 0 Å². The van der Waals surface area contributed by atoms with Gasteiger partial charge in [0.15, 0.2) is 0 Å². The van der Waals surface area contributed by atoms with E-state index in [1.54, 1.807) is 0 Å². The molecule has 0 unspecified atom stereocenters. The van der Waals surface area contributed by atoms with Gasteiger partial charge in [0, 0.05) is 0 Å². The molecule has 0 aliphatic rings. The molecule has 0 nitrogen and oxygen atoms in total. The summed E-state index contributed by atoms with van der Waals surface area (Å²) in [7, 11) is 0. The van der Waals surface area contributed by atoms with Crippen LogP contribution in [0.2, 0.25) is 0 Å². The Kier molecular flexibility index (Phi) is 4.34. The van der Waals surface area contributed by atoms with E-state index in [1.165, 1.54) is 27.8 Å². The maximum atomic E-state index is 3.43. The second-order valence-corrected chi connectivity index (χ2v) is 6.64. The Hall–Kier alpha value is -2.34. The highest BCUT2D eigenvalue weighted by atomic mass is 14.2. The van der Waals surface area contributed by atoms with Crippen LogP contribution in [0, 0.1) is 6.07 Å². The first-order valence-electron chi connectivity index (χ1n) is 8.29. The fourth-order valence-electron chi connectivity index (χ4n) is 2.82. The second-order valence-electron chi connectivity index (χ2n) is 6.64. The van der Waals surface area contributed by atoms with Crippen molar-refractivity contribution in [2.24, 2.45) is 0 Å². The Morgan fingerprint density at radius 3 is 2.04 bits per heavy atom. The first-order chi connectivity index (χ1) is 11.1. The fourth-order valence-corrected chi connectivity index (χ4v) is 2.82. The maximum absolute atomic E-state index is 3.43. The van der Waals surface area contributed by atoms with Crippen molar-refractivity contribution in [1.29, 1.82) is 0 Å². The van der Waals surface area contributed by atoms with E-state index in [0.717, 1.165) is 6.42 Å². The molecule has 0 N–H and O–H groups in total. The van der Waals surface area contributed by atoms with Crippen molar-refractivity contribution in [2.45, 2.75) is 32.6 Å². The third-order valence-electron chi connectivity index (χ3n) is 4.74. The first kappa shape index (κ1) is 15.6. The van der Waals surface area contributed by atoms with Gasteiger partial charge in [-0.3, -0.25) is 0 Å². The molecule has 1 radical (unpaired) electrons. The summed E-state index contributed by atoms with van der Waals surface area (Å²) in [5.74, 6) is 0. The van der Waals surface area contributed by atoms with Crippen molar-refractivity contribution in [1.82, 2.24) is 0 Å². The molecule has 0 aromatic heterocycles. The fraction of sp³-hybridized carbons (Fsp3) is 0.217. The van der Waals surface area contributed by atoms with Gasteiger partial charge in [-0.25, -0.2) is 0 Å². The maximum Gasteiger partial charge on any atom is -0.00998 e. The van der Waals surface area contributed by atoms with Crippen LogP contribution in [0.1, 0.15) is 32.8 Å². The van der Waals surface area contributed by atoms with Gasteiger partial charge in [0.05, 0.1) is 0 Å². The summed E-state index contributed by atoms with van der Waals surface area (Å²) in [5.41, 5.74) is 6.50. The van der Waals surface area contributed by atoms with E-state index in [0.29, 0.717) is 0 Å². The van der Waals surface area contributed by atoms with Crippen LogP contribution in [-0.4, -0.2) is 0 Å². The van der Waals surface area contributed by atoms with Crippen molar-refractivity contribution >= 4 is 0 Å². The van der Waals surface area contributed by atoms with Crippen LogP contribution < -0.4 is 0 Å². The predicted octanol–water partition coefficient (Wildman–Crippen LogP) is 6.51. The predicted molar refractivity (Wildman–Crippen MR) is 99.5 cm³/mol. The lowest BCUT2D eigenvalue weighted by Crippen LogP contribution is -2.15. The zero-order chi connectivity index (χ0) is 16.3. The minimum Gasteiger partial charge on any atom is -0.0646 e. The Bertz CT molecular complexity index is 782. The molecule has 23 heavy (non-hydrogen) atoms. The third-order valence-corrected chi connectivity index (χ3v) is 4.74. The van der Waals surface area contributed by atoms with Crippen molar-refractivity contribution in [2.75, 3.05) is 0 Å². The summed E-state index contributed by atoms with van der Waals surface area (Å²) in [4.78, 5) is 0. The minimum absolute atomic E-state index is 0.150. The molecule has 0 atom stereocenters. The molecule has 3 aromatic carbocycles. The summed E-state index contributed by atoms with van der Waals surface area (Å²) in [6.45, 7) is 6.80. The number of hydrogen-bond acceptors (Lipinski definition) is 0. The van der Waals surface area contributed by atoms with E-state index in [4.69, 9.17) is 0 Å². The van der Waals surface area contributed by atoms with Gasteiger partial charge in [0.1, 0.15) is 0 Å². The van der Waals surface area contributed by atoms with Crippen LogP contribution >= 0.6 is 0 Å². The third kappa shape index (κ3) is 3.22. The quantitative estimate of drug-likeness (QED) is 0.515. The molecule has 0 fully saturated rings. The van der Waals surface area contributed by atoms with Gasteiger partial charge in [-0.05, 0) is 51.8 Å². The van der Waals surface area contributed by atoms with Gasteiger partial charge in [-0.15, -0.1) is 0 Å². The molecule has 0 aliphatic carbocycles. The number of benzene rings is 3. The zero-order valence-corrected chi connectivity index (χ0v) is 14.1. The van der Waals surface area contributed by atoms with Gasteiger partial charge in [-0.2, -0.15) is 0 Å². The van der Waals surface area contributed by atoms with Crippen molar-refractivity contribution in [3.05, 3.63) is 84.4 Å². The van der Waals surface area contributed by atoms with E-state index in [-0.39, 0.29) is 5.41 Å². The molecule has 0 heterocycles. The topological polar surface area (TPSA) is 0 Å². The average molecular weight is 299 g/mol. The van der Waals surface area contributed by atoms with Crippen molar-refractivity contribution in [3.63, 3.8) is 0 Å². The SMILES string of the molecule is CCC(C)(C)c1[c]ccc(-c2ccccc2-c2ccccc2)c1. The highest BCUT2D eigenvalue weighted by Gasteiger charge is 2.19. The Balaban J connectivity index is 2.12. The summed E-state index contributed by atoms with van der Waals surface area (Å²) in [6, 6.07) is 29.2. The highest BCUT2D eigenvalue weighted by Crippen LogP contribution is 2.34. The Labute approximate surface area is 139 Å². The largest absolute Gasteiger partial charge is 0.0646 e. The minimum atomic E-state index is 0.150. The smallest absolute Gasteiger partial charge is 0.00998 e. The van der Waals surface area contributed by atoms with Crippen molar-refractivity contribution < 1.29 is 0 Å². The van der Waals surface area contributed by atoms with Crippen LogP contribution in [0.15, 0.2) is 72.8 Å². The molecule has 0 spiro atoms. The van der Waals surface area contributed by atoms with E-state index in [1.807, 2.05) is 0 Å². The first-order valence-corrected chi connectivity index (χ1v) is 8.29.